The van der Waals surface area contributed by atoms with Crippen molar-refractivity contribution in [3.05, 3.63) is 59.7 Å². The number of hydrogen-bond acceptors (Lipinski definition) is 5. The summed E-state index contributed by atoms with van der Waals surface area (Å²) in [5.41, 5.74) is 4.49. The Morgan fingerprint density at radius 3 is 2.36 bits per heavy atom. The average molecular weight is 381 g/mol. The van der Waals surface area contributed by atoms with Gasteiger partial charge in [-0.15, -0.1) is 0 Å². The van der Waals surface area contributed by atoms with Crippen LogP contribution in [0.25, 0.3) is 11.1 Å². The third-order valence-corrected chi connectivity index (χ3v) is 5.63. The number of ether oxygens (including phenoxy) is 3. The Balaban J connectivity index is 1.36. The van der Waals surface area contributed by atoms with Gasteiger partial charge in [-0.25, -0.2) is 9.59 Å². The summed E-state index contributed by atoms with van der Waals surface area (Å²) in [5, 5.41) is 9.53. The second-order valence-corrected chi connectivity index (χ2v) is 7.18. The number of benzene rings is 2. The standard InChI is InChI=1S/C21H19NO6/c23-20(24)19-17-11-26-18(28-17)9-22(19)21(25)27-10-16-14-7-3-1-5-12(14)13-6-2-4-8-15(13)16/h1-8,16-19H,9-11H2,(H,23,24)/t17-,18-,19-/m0/s1. The zero-order valence-electron chi connectivity index (χ0n) is 15.0. The van der Waals surface area contributed by atoms with Gasteiger partial charge >= 0.3 is 12.1 Å². The minimum absolute atomic E-state index is 0.0458. The van der Waals surface area contributed by atoms with E-state index in [1.165, 1.54) is 4.90 Å². The summed E-state index contributed by atoms with van der Waals surface area (Å²) in [5.74, 6) is -1.20. The first-order valence-corrected chi connectivity index (χ1v) is 9.25. The van der Waals surface area contributed by atoms with E-state index in [2.05, 4.69) is 12.1 Å². The van der Waals surface area contributed by atoms with Crippen LogP contribution in [0.15, 0.2) is 48.5 Å². The number of morpholine rings is 1. The molecular weight excluding hydrogens is 362 g/mol. The smallest absolute Gasteiger partial charge is 0.410 e. The quantitative estimate of drug-likeness (QED) is 0.879. The van der Waals surface area contributed by atoms with Crippen LogP contribution in [0.5, 0.6) is 0 Å². The van der Waals surface area contributed by atoms with Crippen LogP contribution < -0.4 is 0 Å². The number of aliphatic carboxylic acids is 1. The molecule has 2 aromatic rings. The van der Waals surface area contributed by atoms with Crippen molar-refractivity contribution in [3.8, 4) is 11.1 Å². The number of carbonyl (C=O) groups excluding carboxylic acids is 1. The van der Waals surface area contributed by atoms with Crippen LogP contribution in [0.1, 0.15) is 17.0 Å². The van der Waals surface area contributed by atoms with Crippen LogP contribution in [0.2, 0.25) is 0 Å². The number of carbonyl (C=O) groups is 2. The summed E-state index contributed by atoms with van der Waals surface area (Å²) >= 11 is 0. The lowest BCUT2D eigenvalue weighted by molar-refractivity contribution is -0.162. The normalized spacial score (nSPS) is 25.3. The van der Waals surface area contributed by atoms with Gasteiger partial charge in [-0.1, -0.05) is 48.5 Å². The van der Waals surface area contributed by atoms with E-state index in [-0.39, 0.29) is 25.7 Å². The molecule has 0 unspecified atom stereocenters. The Bertz CT molecular complexity index is 898. The fourth-order valence-electron chi connectivity index (χ4n) is 4.37. The van der Waals surface area contributed by atoms with E-state index in [9.17, 15) is 14.7 Å². The second-order valence-electron chi connectivity index (χ2n) is 7.18. The number of amides is 1. The van der Waals surface area contributed by atoms with Crippen molar-refractivity contribution in [1.82, 2.24) is 4.90 Å². The second kappa shape index (κ2) is 6.61. The van der Waals surface area contributed by atoms with Crippen molar-refractivity contribution < 1.29 is 28.9 Å². The molecule has 1 aliphatic carbocycles. The first kappa shape index (κ1) is 17.2. The molecule has 2 aromatic carbocycles. The fourth-order valence-corrected chi connectivity index (χ4v) is 4.37. The molecule has 0 radical (unpaired) electrons. The molecule has 3 aliphatic rings. The highest BCUT2D eigenvalue weighted by atomic mass is 16.7. The number of rotatable bonds is 3. The van der Waals surface area contributed by atoms with Gasteiger partial charge in [-0.3, -0.25) is 4.90 Å². The SMILES string of the molecule is O=C(O)[C@@H]1[C@@H]2CO[C@H](CN1C(=O)OCC1c3ccccc3-c3ccccc31)O2. The van der Waals surface area contributed by atoms with Crippen LogP contribution in [0.3, 0.4) is 0 Å². The Morgan fingerprint density at radius 1 is 1.07 bits per heavy atom. The van der Waals surface area contributed by atoms with Crippen LogP contribution in [0.4, 0.5) is 4.79 Å². The summed E-state index contributed by atoms with van der Waals surface area (Å²) in [7, 11) is 0. The first-order valence-electron chi connectivity index (χ1n) is 9.25. The van der Waals surface area contributed by atoms with Crippen LogP contribution in [-0.4, -0.2) is 60.3 Å². The molecule has 0 aromatic heterocycles. The van der Waals surface area contributed by atoms with E-state index in [0.717, 1.165) is 22.3 Å². The minimum Gasteiger partial charge on any atom is -0.480 e. The van der Waals surface area contributed by atoms with Crippen LogP contribution >= 0.6 is 0 Å². The molecule has 28 heavy (non-hydrogen) atoms. The van der Waals surface area contributed by atoms with Crippen molar-refractivity contribution >= 4 is 12.1 Å². The van der Waals surface area contributed by atoms with E-state index in [1.807, 2.05) is 36.4 Å². The zero-order chi connectivity index (χ0) is 19.3. The van der Waals surface area contributed by atoms with Gasteiger partial charge < -0.3 is 19.3 Å². The van der Waals surface area contributed by atoms with Gasteiger partial charge in [0.2, 0.25) is 0 Å². The van der Waals surface area contributed by atoms with E-state index >= 15 is 0 Å². The molecule has 2 aliphatic heterocycles. The molecule has 0 saturated carbocycles. The molecule has 7 heteroatoms. The van der Waals surface area contributed by atoms with E-state index in [0.29, 0.717) is 0 Å². The molecular formula is C21H19NO6. The number of carboxylic acid groups (broad SMARTS) is 1. The lowest BCUT2D eigenvalue weighted by Crippen LogP contribution is -2.57. The van der Waals surface area contributed by atoms with Crippen molar-refractivity contribution in [2.45, 2.75) is 24.4 Å². The van der Waals surface area contributed by atoms with Crippen LogP contribution in [-0.2, 0) is 19.0 Å². The molecule has 2 heterocycles. The molecule has 2 bridgehead atoms. The van der Waals surface area contributed by atoms with Crippen molar-refractivity contribution in [1.29, 1.82) is 0 Å². The van der Waals surface area contributed by atoms with Gasteiger partial charge in [-0.2, -0.15) is 0 Å². The first-order chi connectivity index (χ1) is 13.6. The van der Waals surface area contributed by atoms with Gasteiger partial charge in [0.1, 0.15) is 12.7 Å². The molecule has 1 amide bonds. The maximum atomic E-state index is 12.7. The highest BCUT2D eigenvalue weighted by Gasteiger charge is 2.49. The summed E-state index contributed by atoms with van der Waals surface area (Å²) < 4.78 is 16.4. The van der Waals surface area contributed by atoms with Gasteiger partial charge in [-0.05, 0) is 22.3 Å². The van der Waals surface area contributed by atoms with E-state index < -0.39 is 30.5 Å². The Hall–Kier alpha value is -2.90. The van der Waals surface area contributed by atoms with Crippen molar-refractivity contribution in [2.75, 3.05) is 19.8 Å². The third kappa shape index (κ3) is 2.66. The minimum atomic E-state index is -1.12. The van der Waals surface area contributed by atoms with Gasteiger partial charge in [0, 0.05) is 5.92 Å². The highest BCUT2D eigenvalue weighted by molar-refractivity contribution is 5.82. The Labute approximate surface area is 161 Å². The Morgan fingerprint density at radius 2 is 1.71 bits per heavy atom. The summed E-state index contributed by atoms with van der Waals surface area (Å²) in [4.78, 5) is 25.6. The maximum absolute atomic E-state index is 12.7. The summed E-state index contributed by atoms with van der Waals surface area (Å²) in [6.45, 7) is 0.353. The lowest BCUT2D eigenvalue weighted by atomic mass is 9.98. The molecule has 0 spiro atoms. The van der Waals surface area contributed by atoms with E-state index in [4.69, 9.17) is 14.2 Å². The molecule has 1 N–H and O–H groups in total. The average Bonchev–Trinajstić information content (AvgIpc) is 3.24. The van der Waals surface area contributed by atoms with Crippen molar-refractivity contribution in [3.63, 3.8) is 0 Å². The van der Waals surface area contributed by atoms with Gasteiger partial charge in [0.05, 0.1) is 13.2 Å². The number of carboxylic acids is 1. The molecule has 3 atom stereocenters. The summed E-state index contributed by atoms with van der Waals surface area (Å²) in [6.07, 6.45) is -1.92. The van der Waals surface area contributed by atoms with Crippen molar-refractivity contribution in [2.24, 2.45) is 0 Å². The predicted octanol–water partition coefficient (Wildman–Crippen LogP) is 2.45. The monoisotopic (exact) mass is 381 g/mol. The number of fused-ring (bicyclic) bond motifs is 5. The van der Waals surface area contributed by atoms with Crippen LogP contribution in [0, 0.1) is 0 Å². The third-order valence-electron chi connectivity index (χ3n) is 5.63. The molecule has 5 rings (SSSR count). The largest absolute Gasteiger partial charge is 0.480 e. The van der Waals surface area contributed by atoms with Gasteiger partial charge in [0.15, 0.2) is 12.3 Å². The number of hydrogen-bond donors (Lipinski definition) is 1. The Kier molecular flexibility index (Phi) is 4.07. The maximum Gasteiger partial charge on any atom is 0.410 e. The molecule has 2 fully saturated rings. The number of nitrogens with zero attached hydrogens (tertiary/aromatic N) is 1. The van der Waals surface area contributed by atoms with Gasteiger partial charge in [0.25, 0.3) is 0 Å². The molecule has 144 valence electrons. The fraction of sp³-hybridized carbons (Fsp3) is 0.333. The summed E-state index contributed by atoms with van der Waals surface area (Å²) in [6, 6.07) is 15.0. The predicted molar refractivity (Wildman–Crippen MR) is 97.8 cm³/mol. The molecule has 2 saturated heterocycles. The topological polar surface area (TPSA) is 85.3 Å². The highest BCUT2D eigenvalue weighted by Crippen LogP contribution is 2.44. The van der Waals surface area contributed by atoms with E-state index in [1.54, 1.807) is 0 Å². The molecule has 7 nitrogen and oxygen atoms in total. The lowest BCUT2D eigenvalue weighted by Gasteiger charge is -2.35. The zero-order valence-corrected chi connectivity index (χ0v) is 15.0.